The van der Waals surface area contributed by atoms with E-state index in [-0.39, 0.29) is 12.0 Å². The summed E-state index contributed by atoms with van der Waals surface area (Å²) < 4.78 is 5.33. The Morgan fingerprint density at radius 2 is 2.26 bits per heavy atom. The van der Waals surface area contributed by atoms with Crippen LogP contribution in [0.2, 0.25) is 5.02 Å². The molecule has 0 saturated carbocycles. The van der Waals surface area contributed by atoms with Crippen molar-refractivity contribution in [3.8, 4) is 6.07 Å². The van der Waals surface area contributed by atoms with Crippen LogP contribution in [0.3, 0.4) is 0 Å². The Hall–Kier alpha value is -1.57. The van der Waals surface area contributed by atoms with E-state index in [0.717, 1.165) is 5.56 Å². The molecular weight excluding hydrogens is 264 g/mol. The fraction of sp³-hybridized carbons (Fsp3) is 0.429. The largest absolute Gasteiger partial charge is 0.375 e. The molecule has 0 aliphatic carbocycles. The second-order valence-corrected chi connectivity index (χ2v) is 5.16. The molecule has 0 spiro atoms. The van der Waals surface area contributed by atoms with Crippen LogP contribution in [0.25, 0.3) is 0 Å². The first-order valence-electron chi connectivity index (χ1n) is 5.88. The quantitative estimate of drug-likeness (QED) is 0.902. The van der Waals surface area contributed by atoms with Gasteiger partial charge in [0.15, 0.2) is 0 Å². The van der Waals surface area contributed by atoms with E-state index >= 15 is 0 Å². The number of ether oxygens (including phenoxy) is 1. The molecule has 5 heteroatoms. The van der Waals surface area contributed by atoms with Crippen LogP contribution in [0, 0.1) is 16.7 Å². The van der Waals surface area contributed by atoms with Crippen molar-refractivity contribution in [2.75, 3.05) is 13.7 Å². The van der Waals surface area contributed by atoms with Gasteiger partial charge in [-0.3, -0.25) is 4.79 Å². The van der Waals surface area contributed by atoms with E-state index in [0.29, 0.717) is 11.6 Å². The summed E-state index contributed by atoms with van der Waals surface area (Å²) in [6, 6.07) is 9.22. The molecule has 0 bridgehead atoms. The van der Waals surface area contributed by atoms with Crippen molar-refractivity contribution in [3.05, 3.63) is 34.9 Å². The molecule has 0 heterocycles. The average molecular weight is 281 g/mol. The van der Waals surface area contributed by atoms with Gasteiger partial charge in [-0.15, -0.1) is 0 Å². The first kappa shape index (κ1) is 15.5. The van der Waals surface area contributed by atoms with Crippen LogP contribution in [0.1, 0.15) is 25.5 Å². The zero-order valence-corrected chi connectivity index (χ0v) is 12.0. The molecular formula is C14H17ClN2O2. The zero-order valence-electron chi connectivity index (χ0n) is 11.2. The fourth-order valence-corrected chi connectivity index (χ4v) is 1.70. The topological polar surface area (TPSA) is 62.1 Å². The lowest BCUT2D eigenvalue weighted by Gasteiger charge is -2.20. The maximum atomic E-state index is 11.8. The minimum absolute atomic E-state index is 0.292. The van der Waals surface area contributed by atoms with Gasteiger partial charge in [-0.25, -0.2) is 0 Å². The molecule has 1 atom stereocenters. The lowest BCUT2D eigenvalue weighted by molar-refractivity contribution is -0.127. The first-order valence-corrected chi connectivity index (χ1v) is 6.26. The van der Waals surface area contributed by atoms with E-state index in [2.05, 4.69) is 5.32 Å². The van der Waals surface area contributed by atoms with Gasteiger partial charge in [0.2, 0.25) is 5.91 Å². The Morgan fingerprint density at radius 3 is 2.79 bits per heavy atom. The zero-order chi connectivity index (χ0) is 14.5. The number of hydrogen-bond donors (Lipinski definition) is 1. The van der Waals surface area contributed by atoms with E-state index in [4.69, 9.17) is 21.6 Å². The molecule has 1 amide bonds. The molecule has 0 saturated heterocycles. The summed E-state index contributed by atoms with van der Waals surface area (Å²) in [5, 5.41) is 12.2. The molecule has 0 aliphatic heterocycles. The molecule has 19 heavy (non-hydrogen) atoms. The summed E-state index contributed by atoms with van der Waals surface area (Å²) in [6.07, 6.45) is -0.294. The number of amides is 1. The molecule has 1 rings (SSSR count). The predicted molar refractivity (Wildman–Crippen MR) is 73.6 cm³/mol. The van der Waals surface area contributed by atoms with E-state index in [1.807, 2.05) is 18.2 Å². The monoisotopic (exact) mass is 280 g/mol. The van der Waals surface area contributed by atoms with Crippen LogP contribution in [-0.4, -0.2) is 19.6 Å². The highest BCUT2D eigenvalue weighted by Crippen LogP contribution is 2.20. The standard InChI is InChI=1S/C14H17ClN2O2/c1-14(2,9-16)13(18)17-8-12(19-3)10-5-4-6-11(15)7-10/h4-7,12H,8H2,1-3H3,(H,17,18). The van der Waals surface area contributed by atoms with Gasteiger partial charge in [0, 0.05) is 18.7 Å². The minimum atomic E-state index is -1.05. The number of methoxy groups -OCH3 is 1. The number of carbonyl (C=O) groups excluding carboxylic acids is 1. The van der Waals surface area contributed by atoms with Crippen LogP contribution in [0.15, 0.2) is 24.3 Å². The third kappa shape index (κ3) is 4.23. The lowest BCUT2D eigenvalue weighted by Crippen LogP contribution is -2.38. The van der Waals surface area contributed by atoms with E-state index in [9.17, 15) is 4.79 Å². The number of carbonyl (C=O) groups is 1. The molecule has 1 aromatic rings. The van der Waals surface area contributed by atoms with Crippen molar-refractivity contribution >= 4 is 17.5 Å². The first-order chi connectivity index (χ1) is 8.90. The molecule has 4 nitrogen and oxygen atoms in total. The summed E-state index contributed by atoms with van der Waals surface area (Å²) in [6.45, 7) is 3.44. The highest BCUT2D eigenvalue weighted by atomic mass is 35.5. The summed E-state index contributed by atoms with van der Waals surface area (Å²) >= 11 is 5.92. The molecule has 102 valence electrons. The van der Waals surface area contributed by atoms with Gasteiger partial charge < -0.3 is 10.1 Å². The van der Waals surface area contributed by atoms with Gasteiger partial charge in [0.1, 0.15) is 5.41 Å². The summed E-state index contributed by atoms with van der Waals surface area (Å²) in [7, 11) is 1.56. The van der Waals surface area contributed by atoms with Crippen molar-refractivity contribution in [1.82, 2.24) is 5.32 Å². The Kier molecular flexibility index (Phi) is 5.34. The Morgan fingerprint density at radius 1 is 1.58 bits per heavy atom. The number of nitriles is 1. The van der Waals surface area contributed by atoms with Crippen molar-refractivity contribution in [2.45, 2.75) is 20.0 Å². The normalized spacial score (nSPS) is 12.6. The van der Waals surface area contributed by atoms with Gasteiger partial charge >= 0.3 is 0 Å². The Bertz CT molecular complexity index is 494. The average Bonchev–Trinajstić information content (AvgIpc) is 2.39. The second-order valence-electron chi connectivity index (χ2n) is 4.73. The number of halogens is 1. The van der Waals surface area contributed by atoms with Gasteiger partial charge in [0.25, 0.3) is 0 Å². The van der Waals surface area contributed by atoms with Gasteiger partial charge in [-0.1, -0.05) is 23.7 Å². The van der Waals surface area contributed by atoms with Crippen molar-refractivity contribution < 1.29 is 9.53 Å². The summed E-state index contributed by atoms with van der Waals surface area (Å²) in [5.41, 5.74) is -0.169. The SMILES string of the molecule is COC(CNC(=O)C(C)(C)C#N)c1cccc(Cl)c1. The van der Waals surface area contributed by atoms with Gasteiger partial charge in [-0.05, 0) is 31.5 Å². The van der Waals surface area contributed by atoms with Crippen LogP contribution in [0.4, 0.5) is 0 Å². The van der Waals surface area contributed by atoms with E-state index in [1.54, 1.807) is 33.1 Å². The molecule has 0 radical (unpaired) electrons. The molecule has 0 aliphatic rings. The Labute approximate surface area is 118 Å². The molecule has 1 N–H and O–H groups in total. The maximum absolute atomic E-state index is 11.8. The van der Waals surface area contributed by atoms with Crippen LogP contribution >= 0.6 is 11.6 Å². The molecule has 0 aromatic heterocycles. The maximum Gasteiger partial charge on any atom is 0.240 e. The number of benzene rings is 1. The van der Waals surface area contributed by atoms with Crippen molar-refractivity contribution in [3.63, 3.8) is 0 Å². The van der Waals surface area contributed by atoms with Crippen LogP contribution in [-0.2, 0) is 9.53 Å². The fourth-order valence-electron chi connectivity index (χ4n) is 1.50. The number of hydrogen-bond acceptors (Lipinski definition) is 3. The van der Waals surface area contributed by atoms with Crippen LogP contribution in [0.5, 0.6) is 0 Å². The van der Waals surface area contributed by atoms with Crippen molar-refractivity contribution in [2.24, 2.45) is 5.41 Å². The van der Waals surface area contributed by atoms with E-state index in [1.165, 1.54) is 0 Å². The highest BCUT2D eigenvalue weighted by molar-refractivity contribution is 6.30. The number of rotatable bonds is 5. The minimum Gasteiger partial charge on any atom is -0.375 e. The molecule has 1 aromatic carbocycles. The van der Waals surface area contributed by atoms with Crippen molar-refractivity contribution in [1.29, 1.82) is 5.26 Å². The lowest BCUT2D eigenvalue weighted by atomic mass is 9.94. The summed E-state index contributed by atoms with van der Waals surface area (Å²) in [5.74, 6) is -0.320. The predicted octanol–water partition coefficient (Wildman–Crippen LogP) is 2.69. The summed E-state index contributed by atoms with van der Waals surface area (Å²) in [4.78, 5) is 11.8. The molecule has 1 unspecified atom stereocenters. The third-order valence-corrected chi connectivity index (χ3v) is 3.04. The number of nitrogens with zero attached hydrogens (tertiary/aromatic N) is 1. The van der Waals surface area contributed by atoms with Gasteiger partial charge in [0.05, 0.1) is 12.2 Å². The Balaban J connectivity index is 2.70. The van der Waals surface area contributed by atoms with Crippen LogP contribution < -0.4 is 5.32 Å². The second kappa shape index (κ2) is 6.55. The third-order valence-electron chi connectivity index (χ3n) is 2.80. The highest BCUT2D eigenvalue weighted by Gasteiger charge is 2.27. The van der Waals surface area contributed by atoms with Gasteiger partial charge in [-0.2, -0.15) is 5.26 Å². The smallest absolute Gasteiger partial charge is 0.240 e. The van der Waals surface area contributed by atoms with E-state index < -0.39 is 5.41 Å². The number of nitrogens with one attached hydrogen (secondary N) is 1. The molecule has 0 fully saturated rings.